The number of ketones is 1. The van der Waals surface area contributed by atoms with Crippen LogP contribution in [-0.4, -0.2) is 5.78 Å². The van der Waals surface area contributed by atoms with Crippen LogP contribution in [0, 0.1) is 5.92 Å². The molecule has 0 bridgehead atoms. The first kappa shape index (κ1) is 15.3. The van der Waals surface area contributed by atoms with Gasteiger partial charge >= 0.3 is 0 Å². The van der Waals surface area contributed by atoms with Gasteiger partial charge in [0.25, 0.3) is 0 Å². The van der Waals surface area contributed by atoms with E-state index in [9.17, 15) is 4.79 Å². The first-order chi connectivity index (χ1) is 9.74. The highest BCUT2D eigenvalue weighted by atomic mass is 16.1. The summed E-state index contributed by atoms with van der Waals surface area (Å²) in [4.78, 5) is 13.2. The molecule has 0 aromatic heterocycles. The Morgan fingerprint density at radius 1 is 1.00 bits per heavy atom. The number of benzene rings is 1. The summed E-state index contributed by atoms with van der Waals surface area (Å²) in [5, 5.41) is 0. The predicted molar refractivity (Wildman–Crippen MR) is 84.9 cm³/mol. The zero-order valence-electron chi connectivity index (χ0n) is 13.0. The van der Waals surface area contributed by atoms with Gasteiger partial charge in [-0.15, -0.1) is 0 Å². The highest BCUT2D eigenvalue weighted by Crippen LogP contribution is 2.38. The highest BCUT2D eigenvalue weighted by Gasteiger charge is 2.40. The molecule has 1 nitrogen and oxygen atoms in total. The minimum Gasteiger partial charge on any atom is -0.298 e. The first-order valence-electron chi connectivity index (χ1n) is 8.34. The normalized spacial score (nSPS) is 17.7. The van der Waals surface area contributed by atoms with Crippen molar-refractivity contribution in [2.75, 3.05) is 0 Å². The van der Waals surface area contributed by atoms with E-state index in [2.05, 4.69) is 38.1 Å². The lowest BCUT2D eigenvalue weighted by atomic mass is 9.68. The maximum Gasteiger partial charge on any atom is 0.146 e. The maximum absolute atomic E-state index is 13.2. The molecule has 2 rings (SSSR count). The minimum absolute atomic E-state index is 0.254. The third-order valence-corrected chi connectivity index (χ3v) is 5.23. The molecule has 0 radical (unpaired) electrons. The van der Waals surface area contributed by atoms with Gasteiger partial charge in [-0.3, -0.25) is 4.79 Å². The summed E-state index contributed by atoms with van der Waals surface area (Å²) < 4.78 is 0. The fourth-order valence-corrected chi connectivity index (χ4v) is 3.84. The second-order valence-electron chi connectivity index (χ2n) is 6.21. The van der Waals surface area contributed by atoms with Crippen molar-refractivity contribution in [3.8, 4) is 0 Å². The molecule has 1 aromatic rings. The van der Waals surface area contributed by atoms with Crippen molar-refractivity contribution in [1.82, 2.24) is 0 Å². The van der Waals surface area contributed by atoms with Crippen LogP contribution in [0.25, 0.3) is 0 Å². The Hall–Kier alpha value is -1.11. The van der Waals surface area contributed by atoms with Crippen LogP contribution < -0.4 is 0 Å². The quantitative estimate of drug-likeness (QED) is 0.666. The molecule has 0 unspecified atom stereocenters. The van der Waals surface area contributed by atoms with Crippen LogP contribution in [0.2, 0.25) is 0 Å². The number of hydrogen-bond acceptors (Lipinski definition) is 1. The van der Waals surface area contributed by atoms with E-state index in [-0.39, 0.29) is 11.3 Å². The first-order valence-corrected chi connectivity index (χ1v) is 8.34. The maximum atomic E-state index is 13.2. The summed E-state index contributed by atoms with van der Waals surface area (Å²) in [6.07, 6.45) is 9.12. The Bertz CT molecular complexity index is 409. The molecule has 0 spiro atoms. The van der Waals surface area contributed by atoms with E-state index < -0.39 is 0 Å². The Labute approximate surface area is 123 Å². The number of hydrogen-bond donors (Lipinski definition) is 0. The second-order valence-corrected chi connectivity index (χ2v) is 6.21. The van der Waals surface area contributed by atoms with Gasteiger partial charge in [0.1, 0.15) is 5.78 Å². The molecule has 1 aromatic carbocycles. The standard InChI is InChI=1S/C19H28O/c1-3-19(4-2,17-14-10-7-11-15-17)18(20)16-12-8-5-6-9-13-16/h7,10-11,14-16H,3-6,8-9,12-13H2,1-2H3. The molecule has 1 aliphatic rings. The lowest BCUT2D eigenvalue weighted by molar-refractivity contribution is -0.129. The zero-order valence-corrected chi connectivity index (χ0v) is 13.0. The molecular weight excluding hydrogens is 244 g/mol. The topological polar surface area (TPSA) is 17.1 Å². The summed E-state index contributed by atoms with van der Waals surface area (Å²) in [6.45, 7) is 4.34. The summed E-state index contributed by atoms with van der Waals surface area (Å²) in [7, 11) is 0. The molecule has 0 amide bonds. The Morgan fingerprint density at radius 2 is 1.55 bits per heavy atom. The summed E-state index contributed by atoms with van der Waals surface area (Å²) in [5.74, 6) is 0.799. The molecule has 1 aliphatic carbocycles. The molecular formula is C19H28O. The van der Waals surface area contributed by atoms with Crippen molar-refractivity contribution < 1.29 is 4.79 Å². The molecule has 0 atom stereocenters. The predicted octanol–water partition coefficient (Wildman–Crippen LogP) is 5.28. The number of rotatable bonds is 5. The Morgan fingerprint density at radius 3 is 2.05 bits per heavy atom. The van der Waals surface area contributed by atoms with Crippen molar-refractivity contribution in [2.45, 2.75) is 70.6 Å². The largest absolute Gasteiger partial charge is 0.298 e. The van der Waals surface area contributed by atoms with Gasteiger partial charge in [-0.05, 0) is 31.2 Å². The van der Waals surface area contributed by atoms with Crippen molar-refractivity contribution in [2.24, 2.45) is 5.92 Å². The molecule has 0 saturated heterocycles. The van der Waals surface area contributed by atoms with Crippen LogP contribution in [-0.2, 0) is 10.2 Å². The highest BCUT2D eigenvalue weighted by molar-refractivity contribution is 5.92. The molecule has 110 valence electrons. The van der Waals surface area contributed by atoms with Gasteiger partial charge in [0, 0.05) is 5.92 Å². The fourth-order valence-electron chi connectivity index (χ4n) is 3.84. The number of carbonyl (C=O) groups is 1. The van der Waals surface area contributed by atoms with Gasteiger partial charge in [-0.25, -0.2) is 0 Å². The van der Waals surface area contributed by atoms with Crippen molar-refractivity contribution in [3.63, 3.8) is 0 Å². The van der Waals surface area contributed by atoms with Crippen molar-refractivity contribution in [1.29, 1.82) is 0 Å². The van der Waals surface area contributed by atoms with Gasteiger partial charge in [-0.2, -0.15) is 0 Å². The molecule has 20 heavy (non-hydrogen) atoms. The van der Waals surface area contributed by atoms with Gasteiger partial charge in [-0.1, -0.05) is 69.9 Å². The van der Waals surface area contributed by atoms with Gasteiger partial charge in [0.15, 0.2) is 0 Å². The molecule has 0 N–H and O–H groups in total. The average Bonchev–Trinajstić information content (AvgIpc) is 2.79. The van der Waals surface area contributed by atoms with E-state index in [0.717, 1.165) is 25.7 Å². The molecule has 1 fully saturated rings. The molecule has 0 aliphatic heterocycles. The Kier molecular flexibility index (Phi) is 5.39. The van der Waals surface area contributed by atoms with Crippen LogP contribution in [0.1, 0.15) is 70.8 Å². The number of carbonyl (C=O) groups excluding carboxylic acids is 1. The summed E-state index contributed by atoms with van der Waals surface area (Å²) in [5.41, 5.74) is 0.968. The lowest BCUT2D eigenvalue weighted by Crippen LogP contribution is -2.39. The van der Waals surface area contributed by atoms with E-state index in [0.29, 0.717) is 5.78 Å². The Balaban J connectivity index is 2.29. The average molecular weight is 272 g/mol. The van der Waals surface area contributed by atoms with Crippen LogP contribution in [0.3, 0.4) is 0 Å². The third-order valence-electron chi connectivity index (χ3n) is 5.23. The van der Waals surface area contributed by atoms with Crippen molar-refractivity contribution >= 4 is 5.78 Å². The smallest absolute Gasteiger partial charge is 0.146 e. The SMILES string of the molecule is CCC(CC)(C(=O)C1CCCCCC1)c1ccccc1. The lowest BCUT2D eigenvalue weighted by Gasteiger charge is -2.34. The van der Waals surface area contributed by atoms with E-state index in [1.165, 1.54) is 31.2 Å². The summed E-state index contributed by atoms with van der Waals surface area (Å²) >= 11 is 0. The number of Topliss-reactive ketones (excluding diaryl/α,β-unsaturated/α-hetero) is 1. The van der Waals surface area contributed by atoms with Crippen molar-refractivity contribution in [3.05, 3.63) is 35.9 Å². The molecule has 1 heteroatoms. The minimum atomic E-state index is -0.254. The van der Waals surface area contributed by atoms with Crippen LogP contribution >= 0.6 is 0 Å². The molecule has 0 heterocycles. The zero-order chi connectivity index (χ0) is 14.4. The van der Waals surface area contributed by atoms with Gasteiger partial charge < -0.3 is 0 Å². The van der Waals surface area contributed by atoms with Crippen LogP contribution in [0.15, 0.2) is 30.3 Å². The van der Waals surface area contributed by atoms with Gasteiger partial charge in [0.2, 0.25) is 0 Å². The van der Waals surface area contributed by atoms with Gasteiger partial charge in [0.05, 0.1) is 5.41 Å². The van der Waals surface area contributed by atoms with Crippen LogP contribution in [0.4, 0.5) is 0 Å². The van der Waals surface area contributed by atoms with E-state index in [4.69, 9.17) is 0 Å². The second kappa shape index (κ2) is 7.06. The van der Waals surface area contributed by atoms with E-state index in [1.54, 1.807) is 0 Å². The van der Waals surface area contributed by atoms with E-state index >= 15 is 0 Å². The summed E-state index contributed by atoms with van der Waals surface area (Å²) in [6, 6.07) is 10.4. The van der Waals surface area contributed by atoms with E-state index in [1.807, 2.05) is 6.07 Å². The third kappa shape index (κ3) is 2.97. The monoisotopic (exact) mass is 272 g/mol. The molecule has 1 saturated carbocycles. The fraction of sp³-hybridized carbons (Fsp3) is 0.632. The van der Waals surface area contributed by atoms with Crippen LogP contribution in [0.5, 0.6) is 0 Å².